The molecule has 0 spiro atoms. The number of nitrogens with zero attached hydrogens (tertiary/aromatic N) is 6. The number of hydrogen-bond donors (Lipinski definition) is 0. The van der Waals surface area contributed by atoms with Gasteiger partial charge in [0.25, 0.3) is 12.7 Å². The van der Waals surface area contributed by atoms with Gasteiger partial charge in [-0.2, -0.15) is 0 Å². The molecule has 25 heavy (non-hydrogen) atoms. The van der Waals surface area contributed by atoms with E-state index in [0.29, 0.717) is 0 Å². The molecule has 0 atom stereocenters. The van der Waals surface area contributed by atoms with E-state index in [9.17, 15) is 0 Å². The van der Waals surface area contributed by atoms with E-state index >= 15 is 0 Å². The molecule has 0 saturated carbocycles. The van der Waals surface area contributed by atoms with Crippen LogP contribution in [0.15, 0.2) is 25.3 Å². The summed E-state index contributed by atoms with van der Waals surface area (Å²) < 4.78 is 8.43. The molecule has 140 valence electrons. The van der Waals surface area contributed by atoms with Crippen molar-refractivity contribution in [3.05, 3.63) is 25.3 Å². The Bertz CT molecular complexity index is 636. The van der Waals surface area contributed by atoms with Crippen molar-refractivity contribution in [2.75, 3.05) is 0 Å². The molecule has 0 aromatic carbocycles. The van der Waals surface area contributed by atoms with Gasteiger partial charge >= 0.3 is 0 Å². The van der Waals surface area contributed by atoms with Crippen LogP contribution in [0.25, 0.3) is 0 Å². The molecule has 0 N–H and O–H groups in total. The van der Waals surface area contributed by atoms with Crippen LogP contribution in [0.1, 0.15) is 68.5 Å². The Morgan fingerprint density at radius 3 is 1.36 bits per heavy atom. The Kier molecular flexibility index (Phi) is 5.13. The normalized spacial score (nSPS) is 13.7. The summed E-state index contributed by atoms with van der Waals surface area (Å²) >= 11 is 0. The van der Waals surface area contributed by atoms with Crippen LogP contribution in [-0.2, 0) is 13.1 Å². The van der Waals surface area contributed by atoms with E-state index in [1.807, 2.05) is 22.0 Å². The molecule has 6 heteroatoms. The molecule has 2 rings (SSSR count). The molecule has 0 bridgehead atoms. The monoisotopic (exact) mass is 348 g/mol. The minimum absolute atomic E-state index is 0.0283. The topological polar surface area (TPSA) is 43.4 Å². The van der Waals surface area contributed by atoms with Crippen LogP contribution < -0.4 is 9.13 Å². The van der Waals surface area contributed by atoms with Crippen LogP contribution in [0.3, 0.4) is 0 Å². The van der Waals surface area contributed by atoms with E-state index in [4.69, 9.17) is 0 Å². The van der Waals surface area contributed by atoms with Gasteiger partial charge < -0.3 is 0 Å². The van der Waals surface area contributed by atoms with Crippen molar-refractivity contribution in [3.8, 4) is 0 Å². The molecular weight excluding hydrogens is 312 g/mol. The van der Waals surface area contributed by atoms with Gasteiger partial charge in [0.1, 0.15) is 13.1 Å². The predicted octanol–water partition coefficient (Wildman–Crippen LogP) is 2.84. The molecule has 0 aliphatic rings. The van der Waals surface area contributed by atoms with Gasteiger partial charge in [0.2, 0.25) is 18.8 Å². The van der Waals surface area contributed by atoms with Gasteiger partial charge in [-0.15, -0.1) is 9.36 Å². The average Bonchev–Trinajstić information content (AvgIpc) is 2.94. The zero-order chi connectivity index (χ0) is 19.0. The summed E-state index contributed by atoms with van der Waals surface area (Å²) in [6.45, 7) is 21.9. The first-order chi connectivity index (χ1) is 11.2. The summed E-state index contributed by atoms with van der Waals surface area (Å²) in [5.74, 6) is 0. The fourth-order valence-electron chi connectivity index (χ4n) is 3.12. The first kappa shape index (κ1) is 19.6. The van der Waals surface area contributed by atoms with Gasteiger partial charge in [-0.05, 0) is 10.8 Å². The van der Waals surface area contributed by atoms with Gasteiger partial charge in [0.15, 0.2) is 0 Å². The van der Waals surface area contributed by atoms with Crippen LogP contribution in [-0.4, -0.2) is 19.6 Å². The van der Waals surface area contributed by atoms with Gasteiger partial charge in [0.05, 0.1) is 0 Å². The third kappa shape index (κ3) is 5.65. The zero-order valence-electron chi connectivity index (χ0n) is 17.5. The highest BCUT2D eigenvalue weighted by atomic mass is 15.4. The van der Waals surface area contributed by atoms with Gasteiger partial charge in [-0.3, -0.25) is 0 Å². The number of rotatable bonds is 4. The highest BCUT2D eigenvalue weighted by Crippen LogP contribution is 2.23. The fourth-order valence-corrected chi connectivity index (χ4v) is 3.12. The molecule has 0 saturated heterocycles. The molecule has 2 aromatic heterocycles. The van der Waals surface area contributed by atoms with E-state index in [1.165, 1.54) is 0 Å². The van der Waals surface area contributed by atoms with Crippen molar-refractivity contribution in [3.63, 3.8) is 0 Å². The van der Waals surface area contributed by atoms with Gasteiger partial charge in [0, 0.05) is 15.6 Å². The van der Waals surface area contributed by atoms with E-state index in [-0.39, 0.29) is 22.4 Å². The number of hydrogen-bond acceptors (Lipinski definition) is 2. The lowest BCUT2D eigenvalue weighted by Crippen LogP contribution is -2.61. The maximum absolute atomic E-state index is 4.57. The molecular formula is C19H36N6+2. The third-order valence-electron chi connectivity index (χ3n) is 3.81. The smallest absolute Gasteiger partial charge is 0.202 e. The first-order valence-corrected chi connectivity index (χ1v) is 9.11. The summed E-state index contributed by atoms with van der Waals surface area (Å²) in [6.07, 6.45) is 8.19. The summed E-state index contributed by atoms with van der Waals surface area (Å²) in [7, 11) is 0. The molecule has 0 amide bonds. The van der Waals surface area contributed by atoms with E-state index in [0.717, 1.165) is 13.1 Å². The molecule has 0 aliphatic heterocycles. The lowest BCUT2D eigenvalue weighted by Gasteiger charge is -2.25. The van der Waals surface area contributed by atoms with E-state index in [2.05, 4.69) is 94.3 Å². The van der Waals surface area contributed by atoms with Gasteiger partial charge in [-0.25, -0.2) is 9.13 Å². The van der Waals surface area contributed by atoms with Gasteiger partial charge in [-0.1, -0.05) is 62.3 Å². The zero-order valence-corrected chi connectivity index (χ0v) is 17.5. The standard InChI is InChI=1S/C19H36N6/c1-17(2,3)10-24-14-22(12-20-24)16(19(7,8)9)23-13-21-25(15-23)11-18(4,5)6/h12-16H,10-11H2,1-9H3/q+2. The van der Waals surface area contributed by atoms with Crippen molar-refractivity contribution < 1.29 is 9.13 Å². The largest absolute Gasteiger partial charge is 0.268 e. The Hall–Kier alpha value is -1.72. The maximum atomic E-state index is 4.57. The Morgan fingerprint density at radius 2 is 1.08 bits per heavy atom. The van der Waals surface area contributed by atoms with E-state index in [1.54, 1.807) is 0 Å². The van der Waals surface area contributed by atoms with Crippen molar-refractivity contribution in [2.24, 2.45) is 16.2 Å². The van der Waals surface area contributed by atoms with Crippen LogP contribution >= 0.6 is 0 Å². The highest BCUT2D eigenvalue weighted by Gasteiger charge is 2.36. The maximum Gasteiger partial charge on any atom is 0.268 e. The highest BCUT2D eigenvalue weighted by molar-refractivity contribution is 4.66. The molecule has 2 heterocycles. The van der Waals surface area contributed by atoms with E-state index < -0.39 is 0 Å². The molecule has 2 aromatic rings. The molecule has 0 unspecified atom stereocenters. The minimum Gasteiger partial charge on any atom is -0.202 e. The minimum atomic E-state index is 0.0283. The lowest BCUT2D eigenvalue weighted by molar-refractivity contribution is -0.958. The number of aromatic nitrogens is 6. The van der Waals surface area contributed by atoms with Crippen LogP contribution in [0.4, 0.5) is 0 Å². The quantitative estimate of drug-likeness (QED) is 0.798. The van der Waals surface area contributed by atoms with Crippen LogP contribution in [0.2, 0.25) is 0 Å². The summed E-state index contributed by atoms with van der Waals surface area (Å²) in [5, 5.41) is 9.13. The summed E-state index contributed by atoms with van der Waals surface area (Å²) in [6, 6.07) is 0. The molecule has 6 nitrogen and oxygen atoms in total. The van der Waals surface area contributed by atoms with Crippen molar-refractivity contribution >= 4 is 0 Å². The Labute approximate surface area is 152 Å². The van der Waals surface area contributed by atoms with Crippen molar-refractivity contribution in [2.45, 2.75) is 81.6 Å². The Balaban J connectivity index is 2.32. The van der Waals surface area contributed by atoms with Crippen LogP contribution in [0, 0.1) is 16.2 Å². The van der Waals surface area contributed by atoms with Crippen molar-refractivity contribution in [1.29, 1.82) is 0 Å². The Morgan fingerprint density at radius 1 is 0.720 bits per heavy atom. The van der Waals surface area contributed by atoms with Crippen molar-refractivity contribution in [1.82, 2.24) is 19.6 Å². The fraction of sp³-hybridized carbons (Fsp3) is 0.789. The van der Waals surface area contributed by atoms with Crippen LogP contribution in [0.5, 0.6) is 0 Å². The average molecular weight is 349 g/mol. The summed E-state index contributed by atoms with van der Waals surface area (Å²) in [4.78, 5) is 0. The third-order valence-corrected chi connectivity index (χ3v) is 3.81. The molecule has 0 radical (unpaired) electrons. The first-order valence-electron chi connectivity index (χ1n) is 9.11. The second kappa shape index (κ2) is 6.54. The lowest BCUT2D eigenvalue weighted by atomic mass is 9.92. The summed E-state index contributed by atoms with van der Waals surface area (Å²) in [5.41, 5.74) is 0.429. The molecule has 0 aliphatic carbocycles. The predicted molar refractivity (Wildman–Crippen MR) is 97.6 cm³/mol. The molecule has 0 fully saturated rings. The second-order valence-electron chi connectivity index (χ2n) is 10.6. The SMILES string of the molecule is CC(C)(C)Cn1c[n+](C([n+]2cnn(CC(C)(C)C)c2)C(C)(C)C)cn1. The second-order valence-corrected chi connectivity index (χ2v) is 10.6.